The van der Waals surface area contributed by atoms with E-state index in [-0.39, 0.29) is 10.9 Å². The molecule has 3 rings (SSSR count). The second-order valence-corrected chi connectivity index (χ2v) is 7.99. The van der Waals surface area contributed by atoms with Crippen molar-refractivity contribution in [1.82, 2.24) is 14.9 Å². The molecule has 7 nitrogen and oxygen atoms in total. The van der Waals surface area contributed by atoms with Gasteiger partial charge < -0.3 is 10.3 Å². The quantitative estimate of drug-likeness (QED) is 0.646. The van der Waals surface area contributed by atoms with E-state index in [0.717, 1.165) is 11.1 Å². The summed E-state index contributed by atoms with van der Waals surface area (Å²) in [5.41, 5.74) is 8.08. The van der Waals surface area contributed by atoms with Crippen molar-refractivity contribution in [1.29, 1.82) is 0 Å². The predicted molar refractivity (Wildman–Crippen MR) is 103 cm³/mol. The van der Waals surface area contributed by atoms with E-state index in [1.807, 2.05) is 38.1 Å². The molecule has 142 valence electrons. The van der Waals surface area contributed by atoms with Crippen LogP contribution in [0.4, 0.5) is 0 Å². The number of rotatable bonds is 7. The Kier molecular flexibility index (Phi) is 5.69. The SMILES string of the molecule is CCC(C)NS(=O)(=O)c1ccc(-c2nc(-c3ccc(CN)cc3)no2)cc1. The van der Waals surface area contributed by atoms with E-state index < -0.39 is 10.0 Å². The van der Waals surface area contributed by atoms with Gasteiger partial charge in [0.1, 0.15) is 0 Å². The molecule has 2 aromatic carbocycles. The number of nitrogens with zero attached hydrogens (tertiary/aromatic N) is 2. The number of hydrogen-bond donors (Lipinski definition) is 2. The highest BCUT2D eigenvalue weighted by Gasteiger charge is 2.17. The molecule has 0 bridgehead atoms. The van der Waals surface area contributed by atoms with Gasteiger partial charge in [-0.1, -0.05) is 36.3 Å². The summed E-state index contributed by atoms with van der Waals surface area (Å²) in [6.45, 7) is 4.22. The van der Waals surface area contributed by atoms with Gasteiger partial charge in [-0.25, -0.2) is 13.1 Å². The summed E-state index contributed by atoms with van der Waals surface area (Å²) in [7, 11) is -3.54. The van der Waals surface area contributed by atoms with Crippen LogP contribution in [0.15, 0.2) is 57.9 Å². The molecular weight excluding hydrogens is 364 g/mol. The molecule has 0 fully saturated rings. The van der Waals surface area contributed by atoms with Crippen molar-refractivity contribution in [2.75, 3.05) is 0 Å². The first-order valence-corrected chi connectivity index (χ1v) is 10.2. The molecule has 0 saturated carbocycles. The van der Waals surface area contributed by atoms with Gasteiger partial charge in [0.05, 0.1) is 4.90 Å². The van der Waals surface area contributed by atoms with Crippen LogP contribution < -0.4 is 10.5 Å². The van der Waals surface area contributed by atoms with Crippen LogP contribution in [0.2, 0.25) is 0 Å². The zero-order chi connectivity index (χ0) is 19.4. The molecule has 0 saturated heterocycles. The molecule has 3 N–H and O–H groups in total. The van der Waals surface area contributed by atoms with Crippen molar-refractivity contribution >= 4 is 10.0 Å². The molecule has 0 aliphatic heterocycles. The van der Waals surface area contributed by atoms with Crippen LogP contribution >= 0.6 is 0 Å². The maximum atomic E-state index is 12.3. The van der Waals surface area contributed by atoms with Crippen molar-refractivity contribution in [2.45, 2.75) is 37.8 Å². The van der Waals surface area contributed by atoms with Gasteiger partial charge in [-0.15, -0.1) is 0 Å². The molecule has 1 atom stereocenters. The Balaban J connectivity index is 1.80. The first-order chi connectivity index (χ1) is 12.9. The highest BCUT2D eigenvalue weighted by Crippen LogP contribution is 2.23. The number of nitrogens with two attached hydrogens (primary N) is 1. The van der Waals surface area contributed by atoms with Crippen LogP contribution in [0.5, 0.6) is 0 Å². The monoisotopic (exact) mass is 386 g/mol. The maximum Gasteiger partial charge on any atom is 0.258 e. The van der Waals surface area contributed by atoms with Gasteiger partial charge in [0, 0.05) is 23.7 Å². The lowest BCUT2D eigenvalue weighted by atomic mass is 10.1. The molecular formula is C19H22N4O3S. The Morgan fingerprint density at radius 1 is 1.07 bits per heavy atom. The highest BCUT2D eigenvalue weighted by molar-refractivity contribution is 7.89. The summed E-state index contributed by atoms with van der Waals surface area (Å²) in [6, 6.07) is 13.8. The van der Waals surface area contributed by atoms with Crippen molar-refractivity contribution < 1.29 is 12.9 Å². The second-order valence-electron chi connectivity index (χ2n) is 6.28. The average Bonchev–Trinajstić information content (AvgIpc) is 3.18. The lowest BCUT2D eigenvalue weighted by Gasteiger charge is -2.12. The molecule has 27 heavy (non-hydrogen) atoms. The molecule has 0 amide bonds. The average molecular weight is 386 g/mol. The van der Waals surface area contributed by atoms with E-state index in [1.165, 1.54) is 12.1 Å². The highest BCUT2D eigenvalue weighted by atomic mass is 32.2. The van der Waals surface area contributed by atoms with Gasteiger partial charge >= 0.3 is 0 Å². The summed E-state index contributed by atoms with van der Waals surface area (Å²) in [4.78, 5) is 4.58. The van der Waals surface area contributed by atoms with Crippen LogP contribution in [0.3, 0.4) is 0 Å². The van der Waals surface area contributed by atoms with E-state index in [0.29, 0.717) is 30.2 Å². The Morgan fingerprint density at radius 2 is 1.70 bits per heavy atom. The fraction of sp³-hybridized carbons (Fsp3) is 0.263. The Labute approximate surface area is 158 Å². The molecule has 1 heterocycles. The van der Waals surface area contributed by atoms with Crippen molar-refractivity contribution in [2.24, 2.45) is 5.73 Å². The van der Waals surface area contributed by atoms with Gasteiger partial charge in [-0.2, -0.15) is 4.98 Å². The van der Waals surface area contributed by atoms with Gasteiger partial charge in [-0.05, 0) is 43.2 Å². The number of sulfonamides is 1. The van der Waals surface area contributed by atoms with Crippen molar-refractivity contribution in [3.8, 4) is 22.8 Å². The van der Waals surface area contributed by atoms with Gasteiger partial charge in [-0.3, -0.25) is 0 Å². The van der Waals surface area contributed by atoms with E-state index >= 15 is 0 Å². The summed E-state index contributed by atoms with van der Waals surface area (Å²) in [5.74, 6) is 0.787. The number of aromatic nitrogens is 2. The standard InChI is InChI=1S/C19H22N4O3S/c1-3-13(2)23-27(24,25)17-10-8-16(9-11-17)19-21-18(22-26-19)15-6-4-14(12-20)5-7-15/h4-11,13,23H,3,12,20H2,1-2H3. The van der Waals surface area contributed by atoms with Gasteiger partial charge in [0.25, 0.3) is 5.89 Å². The fourth-order valence-corrected chi connectivity index (χ4v) is 3.77. The molecule has 0 aliphatic carbocycles. The Morgan fingerprint density at radius 3 is 2.30 bits per heavy atom. The first-order valence-electron chi connectivity index (χ1n) is 8.69. The Hall–Kier alpha value is -2.55. The molecule has 8 heteroatoms. The summed E-state index contributed by atoms with van der Waals surface area (Å²) in [6.07, 6.45) is 0.717. The maximum absolute atomic E-state index is 12.3. The van der Waals surface area contributed by atoms with E-state index in [4.69, 9.17) is 10.3 Å². The van der Waals surface area contributed by atoms with Gasteiger partial charge in [0.15, 0.2) is 0 Å². The third-order valence-corrected chi connectivity index (χ3v) is 5.86. The van der Waals surface area contributed by atoms with Crippen LogP contribution in [0.25, 0.3) is 22.8 Å². The summed E-state index contributed by atoms with van der Waals surface area (Å²) in [5, 5.41) is 3.99. The smallest absolute Gasteiger partial charge is 0.258 e. The molecule has 0 spiro atoms. The number of nitrogens with one attached hydrogen (secondary N) is 1. The van der Waals surface area contributed by atoms with E-state index in [1.54, 1.807) is 12.1 Å². The van der Waals surface area contributed by atoms with Crippen molar-refractivity contribution in [3.05, 3.63) is 54.1 Å². The van der Waals surface area contributed by atoms with Gasteiger partial charge in [0.2, 0.25) is 15.8 Å². The van der Waals surface area contributed by atoms with Crippen LogP contribution in [0.1, 0.15) is 25.8 Å². The predicted octanol–water partition coefficient (Wildman–Crippen LogP) is 2.94. The second kappa shape index (κ2) is 7.99. The third kappa shape index (κ3) is 4.41. The molecule has 0 radical (unpaired) electrons. The topological polar surface area (TPSA) is 111 Å². The zero-order valence-electron chi connectivity index (χ0n) is 15.2. The lowest BCUT2D eigenvalue weighted by molar-refractivity contribution is 0.432. The zero-order valence-corrected chi connectivity index (χ0v) is 16.0. The Bertz CT molecular complexity index is 996. The van der Waals surface area contributed by atoms with Crippen molar-refractivity contribution in [3.63, 3.8) is 0 Å². The molecule has 0 aliphatic rings. The van der Waals surface area contributed by atoms with Crippen LogP contribution in [-0.4, -0.2) is 24.6 Å². The molecule has 1 aromatic heterocycles. The molecule has 1 unspecified atom stereocenters. The van der Waals surface area contributed by atoms with Crippen LogP contribution in [0, 0.1) is 0 Å². The minimum Gasteiger partial charge on any atom is -0.334 e. The summed E-state index contributed by atoms with van der Waals surface area (Å²) < 4.78 is 32.6. The van der Waals surface area contributed by atoms with E-state index in [9.17, 15) is 8.42 Å². The first kappa shape index (κ1) is 19.2. The summed E-state index contributed by atoms with van der Waals surface area (Å²) >= 11 is 0. The number of hydrogen-bond acceptors (Lipinski definition) is 6. The normalized spacial score (nSPS) is 12.9. The van der Waals surface area contributed by atoms with Crippen LogP contribution in [-0.2, 0) is 16.6 Å². The largest absolute Gasteiger partial charge is 0.334 e. The lowest BCUT2D eigenvalue weighted by Crippen LogP contribution is -2.31. The van der Waals surface area contributed by atoms with E-state index in [2.05, 4.69) is 14.9 Å². The fourth-order valence-electron chi connectivity index (χ4n) is 2.44. The number of benzene rings is 2. The minimum atomic E-state index is -3.54. The minimum absolute atomic E-state index is 0.126. The third-order valence-electron chi connectivity index (χ3n) is 4.25. The molecule has 3 aromatic rings.